The van der Waals surface area contributed by atoms with E-state index in [9.17, 15) is 0 Å². The highest BCUT2D eigenvalue weighted by atomic mass is 16.5. The summed E-state index contributed by atoms with van der Waals surface area (Å²) in [5.41, 5.74) is 0.348. The van der Waals surface area contributed by atoms with Crippen LogP contribution in [0.25, 0.3) is 0 Å². The molecule has 4 nitrogen and oxygen atoms in total. The summed E-state index contributed by atoms with van der Waals surface area (Å²) < 4.78 is 15.6. The van der Waals surface area contributed by atoms with Gasteiger partial charge in [-0.05, 0) is 24.7 Å². The average molecular weight is 261 g/mol. The van der Waals surface area contributed by atoms with E-state index in [0.29, 0.717) is 18.6 Å². The molecule has 0 aliphatic rings. The Morgan fingerprint density at radius 3 is 2.11 bits per heavy atom. The van der Waals surface area contributed by atoms with Gasteiger partial charge in [0.1, 0.15) is 0 Å². The van der Waals surface area contributed by atoms with Crippen molar-refractivity contribution in [2.24, 2.45) is 5.41 Å². The van der Waals surface area contributed by atoms with E-state index in [1.165, 1.54) is 12.8 Å². The van der Waals surface area contributed by atoms with Crippen LogP contribution in [-0.4, -0.2) is 53.7 Å². The third-order valence-corrected chi connectivity index (χ3v) is 3.69. The molecule has 0 aromatic rings. The maximum absolute atomic E-state index is 5.58. The molecule has 4 heteroatoms. The second kappa shape index (κ2) is 11.9. The SMILES string of the molecule is CCC(CC)(CCOCCOC)CNCCOC. The molecule has 0 aromatic heterocycles. The Kier molecular flexibility index (Phi) is 11.8. The fraction of sp³-hybridized carbons (Fsp3) is 1.00. The lowest BCUT2D eigenvalue weighted by Gasteiger charge is -2.32. The van der Waals surface area contributed by atoms with Crippen LogP contribution in [0.15, 0.2) is 0 Å². The molecule has 110 valence electrons. The molecule has 0 rings (SSSR count). The van der Waals surface area contributed by atoms with Crippen LogP contribution in [0, 0.1) is 5.41 Å². The molecule has 0 aliphatic carbocycles. The van der Waals surface area contributed by atoms with E-state index in [1.54, 1.807) is 14.2 Å². The molecule has 0 bridgehead atoms. The minimum Gasteiger partial charge on any atom is -0.383 e. The van der Waals surface area contributed by atoms with Crippen molar-refractivity contribution in [3.05, 3.63) is 0 Å². The van der Waals surface area contributed by atoms with Gasteiger partial charge >= 0.3 is 0 Å². The average Bonchev–Trinajstić information content (AvgIpc) is 2.41. The first-order valence-corrected chi connectivity index (χ1v) is 7.01. The van der Waals surface area contributed by atoms with Crippen LogP contribution in [0.5, 0.6) is 0 Å². The molecule has 0 unspecified atom stereocenters. The van der Waals surface area contributed by atoms with Gasteiger partial charge in [-0.15, -0.1) is 0 Å². The molecular formula is C14H31NO3. The second-order valence-corrected chi connectivity index (χ2v) is 4.73. The molecule has 0 saturated carbocycles. The van der Waals surface area contributed by atoms with Gasteiger partial charge in [-0.1, -0.05) is 13.8 Å². The summed E-state index contributed by atoms with van der Waals surface area (Å²) in [6.07, 6.45) is 3.46. The van der Waals surface area contributed by atoms with Crippen LogP contribution in [0.3, 0.4) is 0 Å². The first-order valence-electron chi connectivity index (χ1n) is 7.01. The molecule has 0 fully saturated rings. The molecule has 1 N–H and O–H groups in total. The molecule has 0 atom stereocenters. The first kappa shape index (κ1) is 17.8. The van der Waals surface area contributed by atoms with Gasteiger partial charge in [0.15, 0.2) is 0 Å². The van der Waals surface area contributed by atoms with E-state index in [1.807, 2.05) is 0 Å². The minimum absolute atomic E-state index is 0.348. The maximum Gasteiger partial charge on any atom is 0.0700 e. The molecule has 0 aromatic carbocycles. The Morgan fingerprint density at radius 2 is 1.56 bits per heavy atom. The predicted molar refractivity (Wildman–Crippen MR) is 75.1 cm³/mol. The van der Waals surface area contributed by atoms with Crippen molar-refractivity contribution < 1.29 is 14.2 Å². The van der Waals surface area contributed by atoms with Gasteiger partial charge in [-0.2, -0.15) is 0 Å². The van der Waals surface area contributed by atoms with Crippen molar-refractivity contribution in [3.63, 3.8) is 0 Å². The number of rotatable bonds is 13. The van der Waals surface area contributed by atoms with Gasteiger partial charge in [-0.3, -0.25) is 0 Å². The zero-order valence-corrected chi connectivity index (χ0v) is 12.6. The van der Waals surface area contributed by atoms with Crippen LogP contribution in [-0.2, 0) is 14.2 Å². The Hall–Kier alpha value is -0.160. The van der Waals surface area contributed by atoms with Crippen LogP contribution >= 0.6 is 0 Å². The fourth-order valence-electron chi connectivity index (χ4n) is 2.00. The largest absolute Gasteiger partial charge is 0.383 e. The Labute approximate surface area is 112 Å². The van der Waals surface area contributed by atoms with Crippen LogP contribution in [0.4, 0.5) is 0 Å². The van der Waals surface area contributed by atoms with E-state index in [4.69, 9.17) is 14.2 Å². The summed E-state index contributed by atoms with van der Waals surface area (Å²) in [6.45, 7) is 9.44. The summed E-state index contributed by atoms with van der Waals surface area (Å²) in [6, 6.07) is 0. The van der Waals surface area contributed by atoms with E-state index in [-0.39, 0.29) is 0 Å². The van der Waals surface area contributed by atoms with Crippen molar-refractivity contribution in [2.75, 3.05) is 53.7 Å². The number of hydrogen-bond acceptors (Lipinski definition) is 4. The highest BCUT2D eigenvalue weighted by molar-refractivity contribution is 4.79. The van der Waals surface area contributed by atoms with Crippen molar-refractivity contribution in [1.82, 2.24) is 5.32 Å². The molecule has 0 aliphatic heterocycles. The molecule has 0 saturated heterocycles. The van der Waals surface area contributed by atoms with Crippen molar-refractivity contribution in [2.45, 2.75) is 33.1 Å². The lowest BCUT2D eigenvalue weighted by molar-refractivity contribution is 0.0482. The number of hydrogen-bond donors (Lipinski definition) is 1. The molecule has 18 heavy (non-hydrogen) atoms. The molecule has 0 spiro atoms. The smallest absolute Gasteiger partial charge is 0.0700 e. The van der Waals surface area contributed by atoms with Crippen molar-refractivity contribution in [1.29, 1.82) is 0 Å². The van der Waals surface area contributed by atoms with Gasteiger partial charge in [0.2, 0.25) is 0 Å². The van der Waals surface area contributed by atoms with Gasteiger partial charge < -0.3 is 19.5 Å². The maximum atomic E-state index is 5.58. The highest BCUT2D eigenvalue weighted by Crippen LogP contribution is 2.29. The number of methoxy groups -OCH3 is 2. The van der Waals surface area contributed by atoms with Gasteiger partial charge in [0, 0.05) is 33.9 Å². The molecule has 0 amide bonds. The van der Waals surface area contributed by atoms with Crippen molar-refractivity contribution in [3.8, 4) is 0 Å². The third-order valence-electron chi connectivity index (χ3n) is 3.69. The van der Waals surface area contributed by atoms with Crippen LogP contribution in [0.1, 0.15) is 33.1 Å². The van der Waals surface area contributed by atoms with E-state index >= 15 is 0 Å². The van der Waals surface area contributed by atoms with E-state index in [0.717, 1.165) is 32.7 Å². The Morgan fingerprint density at radius 1 is 0.889 bits per heavy atom. The van der Waals surface area contributed by atoms with Gasteiger partial charge in [-0.25, -0.2) is 0 Å². The van der Waals surface area contributed by atoms with Crippen LogP contribution < -0.4 is 5.32 Å². The normalized spacial score (nSPS) is 12.0. The standard InChI is InChI=1S/C14H31NO3/c1-5-14(6-2,13-15-8-10-16-3)7-9-18-12-11-17-4/h15H,5-13H2,1-4H3. The molecule has 0 radical (unpaired) electrons. The highest BCUT2D eigenvalue weighted by Gasteiger charge is 2.25. The topological polar surface area (TPSA) is 39.7 Å². The predicted octanol–water partition coefficient (Wildman–Crippen LogP) is 2.08. The van der Waals surface area contributed by atoms with E-state index in [2.05, 4.69) is 19.2 Å². The summed E-state index contributed by atoms with van der Waals surface area (Å²) in [7, 11) is 3.43. The fourth-order valence-corrected chi connectivity index (χ4v) is 2.00. The third kappa shape index (κ3) is 8.03. The summed E-state index contributed by atoms with van der Waals surface area (Å²) in [5, 5.41) is 3.48. The lowest BCUT2D eigenvalue weighted by atomic mass is 9.79. The molecular weight excluding hydrogens is 230 g/mol. The summed E-state index contributed by atoms with van der Waals surface area (Å²) in [5.74, 6) is 0. The summed E-state index contributed by atoms with van der Waals surface area (Å²) >= 11 is 0. The zero-order chi connectivity index (χ0) is 13.7. The van der Waals surface area contributed by atoms with Crippen LogP contribution in [0.2, 0.25) is 0 Å². The number of ether oxygens (including phenoxy) is 3. The Bertz CT molecular complexity index is 172. The molecule has 0 heterocycles. The van der Waals surface area contributed by atoms with Gasteiger partial charge in [0.05, 0.1) is 19.8 Å². The Balaban J connectivity index is 3.85. The second-order valence-electron chi connectivity index (χ2n) is 4.73. The zero-order valence-electron chi connectivity index (χ0n) is 12.6. The lowest BCUT2D eigenvalue weighted by Crippen LogP contribution is -2.36. The quantitative estimate of drug-likeness (QED) is 0.515. The van der Waals surface area contributed by atoms with E-state index < -0.39 is 0 Å². The minimum atomic E-state index is 0.348. The number of nitrogens with one attached hydrogen (secondary N) is 1. The monoisotopic (exact) mass is 261 g/mol. The van der Waals surface area contributed by atoms with Crippen molar-refractivity contribution >= 4 is 0 Å². The van der Waals surface area contributed by atoms with Gasteiger partial charge in [0.25, 0.3) is 0 Å². The first-order chi connectivity index (χ1) is 8.74. The summed E-state index contributed by atoms with van der Waals surface area (Å²) in [4.78, 5) is 0.